The minimum absolute atomic E-state index is 0.393. The first kappa shape index (κ1) is 13.5. The summed E-state index contributed by atoms with van der Waals surface area (Å²) in [5.41, 5.74) is 1.19. The summed E-state index contributed by atoms with van der Waals surface area (Å²) in [4.78, 5) is 9.21. The van der Waals surface area contributed by atoms with E-state index in [2.05, 4.69) is 41.4 Å². The fourth-order valence-corrected chi connectivity index (χ4v) is 3.19. The number of aromatic nitrogens is 2. The maximum absolute atomic E-state index is 6.24. The van der Waals surface area contributed by atoms with Crippen LogP contribution in [-0.2, 0) is 0 Å². The first-order valence-corrected chi connectivity index (χ1v) is 7.82. The molecule has 1 aliphatic rings. The van der Waals surface area contributed by atoms with Crippen molar-refractivity contribution in [1.82, 2.24) is 9.97 Å². The summed E-state index contributed by atoms with van der Waals surface area (Å²) in [7, 11) is 0. The zero-order valence-corrected chi connectivity index (χ0v) is 13.3. The van der Waals surface area contributed by atoms with Gasteiger partial charge in [0.2, 0.25) is 0 Å². The van der Waals surface area contributed by atoms with E-state index in [1.54, 1.807) is 0 Å². The van der Waals surface area contributed by atoms with Crippen molar-refractivity contribution in [2.24, 2.45) is 0 Å². The zero-order chi connectivity index (χ0) is 12.4. The lowest BCUT2D eigenvalue weighted by molar-refractivity contribution is 0.636. The van der Waals surface area contributed by atoms with Crippen LogP contribution >= 0.6 is 34.2 Å². The smallest absolute Gasteiger partial charge is 0.146 e. The topological polar surface area (TPSA) is 25.8 Å². The third kappa shape index (κ3) is 2.92. The number of rotatable bonds is 3. The van der Waals surface area contributed by atoms with Crippen molar-refractivity contribution in [2.75, 3.05) is 0 Å². The Morgan fingerprint density at radius 2 is 2.00 bits per heavy atom. The highest BCUT2D eigenvalue weighted by molar-refractivity contribution is 14.1. The van der Waals surface area contributed by atoms with Gasteiger partial charge in [-0.3, -0.25) is 0 Å². The van der Waals surface area contributed by atoms with E-state index in [1.807, 2.05) is 0 Å². The molecule has 4 heteroatoms. The molecule has 0 saturated heterocycles. The Bertz CT molecular complexity index is 403. The first-order chi connectivity index (χ1) is 8.13. The van der Waals surface area contributed by atoms with Gasteiger partial charge >= 0.3 is 0 Å². The molecule has 17 heavy (non-hydrogen) atoms. The summed E-state index contributed by atoms with van der Waals surface area (Å²) in [6.07, 6.45) is 6.20. The van der Waals surface area contributed by atoms with Crippen molar-refractivity contribution in [3.8, 4) is 0 Å². The maximum atomic E-state index is 6.24. The van der Waals surface area contributed by atoms with Crippen LogP contribution in [0.25, 0.3) is 0 Å². The summed E-state index contributed by atoms with van der Waals surface area (Å²) in [6.45, 7) is 4.33. The SMILES string of the molecule is CCC(C)c1nc(Cl)c(I)c(C2CCCC2)n1. The molecule has 1 fully saturated rings. The number of hydrogen-bond donors (Lipinski definition) is 0. The van der Waals surface area contributed by atoms with Crippen molar-refractivity contribution in [2.45, 2.75) is 57.8 Å². The molecule has 0 aliphatic heterocycles. The molecule has 1 saturated carbocycles. The van der Waals surface area contributed by atoms with Gasteiger partial charge in [-0.2, -0.15) is 0 Å². The van der Waals surface area contributed by atoms with E-state index in [0.717, 1.165) is 15.8 Å². The van der Waals surface area contributed by atoms with Gasteiger partial charge in [-0.25, -0.2) is 9.97 Å². The van der Waals surface area contributed by atoms with Gasteiger partial charge in [-0.15, -0.1) is 0 Å². The molecule has 1 unspecified atom stereocenters. The summed E-state index contributed by atoms with van der Waals surface area (Å²) < 4.78 is 1.06. The normalized spacial score (nSPS) is 18.6. The molecule has 1 aliphatic carbocycles. The van der Waals surface area contributed by atoms with Crippen LogP contribution in [0, 0.1) is 3.57 Å². The second kappa shape index (κ2) is 5.83. The molecule has 1 aromatic rings. The van der Waals surface area contributed by atoms with Gasteiger partial charge < -0.3 is 0 Å². The van der Waals surface area contributed by atoms with E-state index in [4.69, 9.17) is 16.6 Å². The molecule has 94 valence electrons. The minimum Gasteiger partial charge on any atom is -0.236 e. The van der Waals surface area contributed by atoms with Gasteiger partial charge in [0.25, 0.3) is 0 Å². The lowest BCUT2D eigenvalue weighted by atomic mass is 10.0. The van der Waals surface area contributed by atoms with E-state index >= 15 is 0 Å². The van der Waals surface area contributed by atoms with Crippen molar-refractivity contribution in [3.63, 3.8) is 0 Å². The molecule has 1 atom stereocenters. The van der Waals surface area contributed by atoms with Crippen molar-refractivity contribution < 1.29 is 0 Å². The van der Waals surface area contributed by atoms with E-state index in [-0.39, 0.29) is 0 Å². The van der Waals surface area contributed by atoms with E-state index in [1.165, 1.54) is 31.4 Å². The van der Waals surface area contributed by atoms with Crippen molar-refractivity contribution in [3.05, 3.63) is 20.2 Å². The monoisotopic (exact) mass is 364 g/mol. The molecule has 0 amide bonds. The highest BCUT2D eigenvalue weighted by Crippen LogP contribution is 2.37. The first-order valence-electron chi connectivity index (χ1n) is 6.36. The van der Waals surface area contributed by atoms with Crippen LogP contribution < -0.4 is 0 Å². The van der Waals surface area contributed by atoms with Gasteiger partial charge in [0, 0.05) is 11.8 Å². The van der Waals surface area contributed by atoms with Crippen LogP contribution in [0.1, 0.15) is 69.3 Å². The number of halogens is 2. The minimum atomic E-state index is 0.393. The fourth-order valence-electron chi connectivity index (χ4n) is 2.33. The van der Waals surface area contributed by atoms with Gasteiger partial charge in [0.05, 0.1) is 9.26 Å². The zero-order valence-electron chi connectivity index (χ0n) is 10.3. The van der Waals surface area contributed by atoms with Gasteiger partial charge in [-0.1, -0.05) is 38.3 Å². The standard InChI is InChI=1S/C13H18ClIN2/c1-3-8(2)13-16-11(9-6-4-5-7-9)10(15)12(14)17-13/h8-9H,3-7H2,1-2H3. The summed E-state index contributed by atoms with van der Waals surface area (Å²) in [5, 5.41) is 0.637. The molecule has 0 radical (unpaired) electrons. The molecule has 0 spiro atoms. The Balaban J connectivity index is 2.38. The summed E-state index contributed by atoms with van der Waals surface area (Å²) in [5.74, 6) is 1.91. The number of hydrogen-bond acceptors (Lipinski definition) is 2. The maximum Gasteiger partial charge on any atom is 0.146 e. The lowest BCUT2D eigenvalue weighted by Gasteiger charge is -2.15. The molecular weight excluding hydrogens is 347 g/mol. The van der Waals surface area contributed by atoms with E-state index < -0.39 is 0 Å². The van der Waals surface area contributed by atoms with Crippen LogP contribution in [0.15, 0.2) is 0 Å². The van der Waals surface area contributed by atoms with Gasteiger partial charge in [0.15, 0.2) is 0 Å². The average molecular weight is 365 g/mol. The highest BCUT2D eigenvalue weighted by atomic mass is 127. The largest absolute Gasteiger partial charge is 0.236 e. The van der Waals surface area contributed by atoms with Crippen molar-refractivity contribution >= 4 is 34.2 Å². The van der Waals surface area contributed by atoms with Crippen LogP contribution in [-0.4, -0.2) is 9.97 Å². The highest BCUT2D eigenvalue weighted by Gasteiger charge is 2.24. The third-order valence-corrected chi connectivity index (χ3v) is 5.30. The molecule has 0 N–H and O–H groups in total. The van der Waals surface area contributed by atoms with Crippen LogP contribution in [0.5, 0.6) is 0 Å². The molecule has 0 aromatic carbocycles. The molecule has 2 nitrogen and oxygen atoms in total. The van der Waals surface area contributed by atoms with Crippen molar-refractivity contribution in [1.29, 1.82) is 0 Å². The Labute approximate surface area is 122 Å². The Hall–Kier alpha value is 0.1000. The molecule has 0 bridgehead atoms. The molecule has 1 heterocycles. The lowest BCUT2D eigenvalue weighted by Crippen LogP contribution is -2.08. The Kier molecular flexibility index (Phi) is 4.64. The average Bonchev–Trinajstić information content (AvgIpc) is 2.85. The predicted molar refractivity (Wildman–Crippen MR) is 79.7 cm³/mol. The van der Waals surface area contributed by atoms with Gasteiger partial charge in [0.1, 0.15) is 11.0 Å². The molecular formula is C13H18ClIN2. The number of nitrogens with zero attached hydrogens (tertiary/aromatic N) is 2. The quantitative estimate of drug-likeness (QED) is 0.563. The van der Waals surface area contributed by atoms with Crippen LogP contribution in [0.4, 0.5) is 0 Å². The summed E-state index contributed by atoms with van der Waals surface area (Å²) in [6, 6.07) is 0. The van der Waals surface area contributed by atoms with Gasteiger partial charge in [-0.05, 0) is 41.9 Å². The molecule has 1 aromatic heterocycles. The van der Waals surface area contributed by atoms with Crippen LogP contribution in [0.3, 0.4) is 0 Å². The predicted octanol–water partition coefficient (Wildman–Crippen LogP) is 4.91. The van der Waals surface area contributed by atoms with E-state index in [9.17, 15) is 0 Å². The fraction of sp³-hybridized carbons (Fsp3) is 0.692. The summed E-state index contributed by atoms with van der Waals surface area (Å²) >= 11 is 8.53. The van der Waals surface area contributed by atoms with Crippen LogP contribution in [0.2, 0.25) is 5.15 Å². The Morgan fingerprint density at radius 3 is 2.59 bits per heavy atom. The second-order valence-corrected chi connectivity index (χ2v) is 6.30. The molecule has 2 rings (SSSR count). The Morgan fingerprint density at radius 1 is 1.35 bits per heavy atom. The second-order valence-electron chi connectivity index (χ2n) is 4.86. The van der Waals surface area contributed by atoms with E-state index in [0.29, 0.717) is 17.0 Å². The third-order valence-electron chi connectivity index (χ3n) is 3.65.